The van der Waals surface area contributed by atoms with E-state index in [0.29, 0.717) is 5.41 Å². The molecular weight excluding hydrogens is 266 g/mol. The molecule has 1 saturated carbocycles. The SMILES string of the molecule is COc1ccc(C2(CCN)CCC2)c(Br)c1. The lowest BCUT2D eigenvalue weighted by Gasteiger charge is -2.43. The van der Waals surface area contributed by atoms with Crippen molar-refractivity contribution in [1.29, 1.82) is 0 Å². The average Bonchev–Trinajstić information content (AvgIpc) is 2.24. The fraction of sp³-hybridized carbons (Fsp3) is 0.538. The van der Waals surface area contributed by atoms with Gasteiger partial charge in [-0.3, -0.25) is 0 Å². The Balaban J connectivity index is 2.31. The summed E-state index contributed by atoms with van der Waals surface area (Å²) in [5.41, 5.74) is 7.44. The van der Waals surface area contributed by atoms with Gasteiger partial charge in [-0.25, -0.2) is 0 Å². The van der Waals surface area contributed by atoms with Crippen molar-refractivity contribution in [2.45, 2.75) is 31.1 Å². The van der Waals surface area contributed by atoms with Gasteiger partial charge in [0, 0.05) is 4.47 Å². The van der Waals surface area contributed by atoms with Gasteiger partial charge in [-0.2, -0.15) is 0 Å². The lowest BCUT2D eigenvalue weighted by molar-refractivity contribution is 0.228. The van der Waals surface area contributed by atoms with E-state index in [0.717, 1.165) is 23.2 Å². The van der Waals surface area contributed by atoms with Crippen molar-refractivity contribution in [1.82, 2.24) is 0 Å². The van der Waals surface area contributed by atoms with Crippen LogP contribution in [0.1, 0.15) is 31.2 Å². The molecule has 0 saturated heterocycles. The van der Waals surface area contributed by atoms with Crippen LogP contribution in [0, 0.1) is 0 Å². The minimum atomic E-state index is 0.319. The minimum absolute atomic E-state index is 0.319. The van der Waals surface area contributed by atoms with Crippen molar-refractivity contribution in [3.8, 4) is 5.75 Å². The van der Waals surface area contributed by atoms with Crippen molar-refractivity contribution in [3.05, 3.63) is 28.2 Å². The number of methoxy groups -OCH3 is 1. The highest BCUT2D eigenvalue weighted by Gasteiger charge is 2.38. The van der Waals surface area contributed by atoms with Gasteiger partial charge in [0.15, 0.2) is 0 Å². The zero-order valence-corrected chi connectivity index (χ0v) is 11.2. The van der Waals surface area contributed by atoms with Gasteiger partial charge >= 0.3 is 0 Å². The number of halogens is 1. The van der Waals surface area contributed by atoms with Crippen molar-refractivity contribution in [2.75, 3.05) is 13.7 Å². The smallest absolute Gasteiger partial charge is 0.120 e. The first kappa shape index (κ1) is 11.9. The number of benzene rings is 1. The number of hydrogen-bond donors (Lipinski definition) is 1. The highest BCUT2D eigenvalue weighted by atomic mass is 79.9. The third kappa shape index (κ3) is 1.98. The van der Waals surface area contributed by atoms with Crippen LogP contribution in [0.4, 0.5) is 0 Å². The Morgan fingerprint density at radius 2 is 2.19 bits per heavy atom. The van der Waals surface area contributed by atoms with Gasteiger partial charge in [-0.05, 0) is 48.9 Å². The molecule has 16 heavy (non-hydrogen) atoms. The number of ether oxygens (including phenoxy) is 1. The van der Waals surface area contributed by atoms with Crippen LogP contribution in [0.15, 0.2) is 22.7 Å². The van der Waals surface area contributed by atoms with Gasteiger partial charge in [0.05, 0.1) is 7.11 Å². The molecule has 0 radical (unpaired) electrons. The fourth-order valence-corrected chi connectivity index (χ4v) is 3.37. The Labute approximate surface area is 105 Å². The van der Waals surface area contributed by atoms with Crippen molar-refractivity contribution in [2.24, 2.45) is 5.73 Å². The zero-order valence-electron chi connectivity index (χ0n) is 9.63. The first-order valence-electron chi connectivity index (χ1n) is 5.76. The van der Waals surface area contributed by atoms with E-state index in [-0.39, 0.29) is 0 Å². The second-order valence-corrected chi connectivity index (χ2v) is 5.37. The lowest BCUT2D eigenvalue weighted by Crippen LogP contribution is -2.36. The number of rotatable bonds is 4. The first-order valence-corrected chi connectivity index (χ1v) is 6.55. The predicted octanol–water partition coefficient (Wildman–Crippen LogP) is 3.23. The highest BCUT2D eigenvalue weighted by molar-refractivity contribution is 9.10. The van der Waals surface area contributed by atoms with E-state index >= 15 is 0 Å². The summed E-state index contributed by atoms with van der Waals surface area (Å²) in [5.74, 6) is 0.901. The van der Waals surface area contributed by atoms with Crippen LogP contribution >= 0.6 is 15.9 Å². The molecule has 2 nitrogen and oxygen atoms in total. The maximum Gasteiger partial charge on any atom is 0.120 e. The van der Waals surface area contributed by atoms with Crippen LogP contribution in [0.5, 0.6) is 5.75 Å². The Morgan fingerprint density at radius 3 is 2.62 bits per heavy atom. The standard InChI is InChI=1S/C13H18BrNO/c1-16-10-3-4-11(12(14)9-10)13(7-8-15)5-2-6-13/h3-4,9H,2,5-8,15H2,1H3. The van der Waals surface area contributed by atoms with Gasteiger partial charge in [-0.15, -0.1) is 0 Å². The van der Waals surface area contributed by atoms with Crippen LogP contribution in [0.3, 0.4) is 0 Å². The Kier molecular flexibility index (Phi) is 3.55. The van der Waals surface area contributed by atoms with Crippen LogP contribution in [-0.4, -0.2) is 13.7 Å². The maximum absolute atomic E-state index is 5.73. The summed E-state index contributed by atoms with van der Waals surface area (Å²) in [5, 5.41) is 0. The molecule has 0 heterocycles. The van der Waals surface area contributed by atoms with E-state index in [1.807, 2.05) is 12.1 Å². The van der Waals surface area contributed by atoms with E-state index in [9.17, 15) is 0 Å². The van der Waals surface area contributed by atoms with Crippen LogP contribution in [0.2, 0.25) is 0 Å². The number of hydrogen-bond acceptors (Lipinski definition) is 2. The summed E-state index contributed by atoms with van der Waals surface area (Å²) in [6.45, 7) is 0.762. The summed E-state index contributed by atoms with van der Waals surface area (Å²) in [4.78, 5) is 0. The van der Waals surface area contributed by atoms with Gasteiger partial charge < -0.3 is 10.5 Å². The van der Waals surface area contributed by atoms with Crippen LogP contribution in [0.25, 0.3) is 0 Å². The zero-order chi connectivity index (χ0) is 11.6. The molecule has 1 aromatic carbocycles. The Hall–Kier alpha value is -0.540. The predicted molar refractivity (Wildman–Crippen MR) is 69.9 cm³/mol. The molecule has 0 aliphatic heterocycles. The van der Waals surface area contributed by atoms with Crippen molar-refractivity contribution in [3.63, 3.8) is 0 Å². The molecule has 2 N–H and O–H groups in total. The van der Waals surface area contributed by atoms with Crippen LogP contribution in [-0.2, 0) is 5.41 Å². The van der Waals surface area contributed by atoms with Gasteiger partial charge in [0.2, 0.25) is 0 Å². The summed E-state index contributed by atoms with van der Waals surface area (Å²) < 4.78 is 6.37. The average molecular weight is 284 g/mol. The maximum atomic E-state index is 5.73. The normalized spacial score (nSPS) is 17.9. The molecule has 3 heteroatoms. The molecule has 88 valence electrons. The summed E-state index contributed by atoms with van der Waals surface area (Å²) >= 11 is 3.65. The molecule has 0 atom stereocenters. The largest absolute Gasteiger partial charge is 0.497 e. The molecule has 1 fully saturated rings. The second kappa shape index (κ2) is 4.76. The number of nitrogens with two attached hydrogens (primary N) is 1. The van der Waals surface area contributed by atoms with Crippen molar-refractivity contribution >= 4 is 15.9 Å². The monoisotopic (exact) mass is 283 g/mol. The third-order valence-corrected chi connectivity index (χ3v) is 4.34. The van der Waals surface area contributed by atoms with Crippen molar-refractivity contribution < 1.29 is 4.74 Å². The lowest BCUT2D eigenvalue weighted by atomic mass is 9.62. The highest BCUT2D eigenvalue weighted by Crippen LogP contribution is 2.48. The van der Waals surface area contributed by atoms with Crippen LogP contribution < -0.4 is 10.5 Å². The molecule has 0 unspecified atom stereocenters. The Bertz CT molecular complexity index is 374. The van der Waals surface area contributed by atoms with E-state index in [2.05, 4.69) is 22.0 Å². The minimum Gasteiger partial charge on any atom is -0.497 e. The second-order valence-electron chi connectivity index (χ2n) is 4.52. The van der Waals surface area contributed by atoms with E-state index in [1.54, 1.807) is 7.11 Å². The molecular formula is C13H18BrNO. The van der Waals surface area contributed by atoms with Gasteiger partial charge in [0.25, 0.3) is 0 Å². The quantitative estimate of drug-likeness (QED) is 0.921. The van der Waals surface area contributed by atoms with E-state index in [4.69, 9.17) is 10.5 Å². The third-order valence-electron chi connectivity index (χ3n) is 3.68. The summed E-state index contributed by atoms with van der Waals surface area (Å²) in [7, 11) is 1.69. The molecule has 1 aromatic rings. The van der Waals surface area contributed by atoms with Gasteiger partial charge in [-0.1, -0.05) is 28.4 Å². The molecule has 2 rings (SSSR count). The molecule has 0 amide bonds. The molecule has 0 spiro atoms. The first-order chi connectivity index (χ1) is 7.72. The summed E-state index contributed by atoms with van der Waals surface area (Å²) in [6.07, 6.45) is 4.92. The summed E-state index contributed by atoms with van der Waals surface area (Å²) in [6, 6.07) is 6.26. The molecule has 1 aliphatic rings. The molecule has 1 aliphatic carbocycles. The Morgan fingerprint density at radius 1 is 1.44 bits per heavy atom. The molecule has 0 aromatic heterocycles. The molecule has 0 bridgehead atoms. The topological polar surface area (TPSA) is 35.2 Å². The van der Waals surface area contributed by atoms with E-state index in [1.165, 1.54) is 24.8 Å². The fourth-order valence-electron chi connectivity index (χ4n) is 2.59. The van der Waals surface area contributed by atoms with Gasteiger partial charge in [0.1, 0.15) is 5.75 Å². The van der Waals surface area contributed by atoms with E-state index < -0.39 is 0 Å².